The van der Waals surface area contributed by atoms with E-state index in [1.54, 1.807) is 6.92 Å². The average molecular weight is 449 g/mol. The average Bonchev–Trinajstić information content (AvgIpc) is 3.03. The van der Waals surface area contributed by atoms with Gasteiger partial charge in [0.05, 0.1) is 19.3 Å². The van der Waals surface area contributed by atoms with Crippen LogP contribution in [-0.4, -0.2) is 45.2 Å². The highest BCUT2D eigenvalue weighted by molar-refractivity contribution is 6.74. The van der Waals surface area contributed by atoms with Gasteiger partial charge in [0.2, 0.25) is 0 Å². The highest BCUT2D eigenvalue weighted by Gasteiger charge is 2.58. The van der Waals surface area contributed by atoms with Crippen LogP contribution >= 0.6 is 0 Å². The first-order chi connectivity index (χ1) is 14.5. The van der Waals surface area contributed by atoms with Crippen molar-refractivity contribution in [2.45, 2.75) is 83.6 Å². The van der Waals surface area contributed by atoms with Gasteiger partial charge in [-0.05, 0) is 43.5 Å². The van der Waals surface area contributed by atoms with E-state index < -0.39 is 38.4 Å². The first-order valence-corrected chi connectivity index (χ1v) is 14.2. The molecule has 0 radical (unpaired) electrons. The number of ether oxygens (including phenoxy) is 3. The summed E-state index contributed by atoms with van der Waals surface area (Å²) in [6, 6.07) is 10.0. The van der Waals surface area contributed by atoms with E-state index in [9.17, 15) is 9.59 Å². The van der Waals surface area contributed by atoms with Crippen molar-refractivity contribution in [3.05, 3.63) is 35.9 Å². The number of fused-ring (bicyclic) bond motifs is 1. The SMILES string of the molecule is CCOC(=O)[C@H]1C(=O)O[C@H]2[C@@H]1CC[C@H](OCc1ccccc1)[C@H]2O[Si](C)(C)C(C)(C)C. The van der Waals surface area contributed by atoms with E-state index in [1.165, 1.54) is 0 Å². The van der Waals surface area contributed by atoms with Crippen LogP contribution < -0.4 is 0 Å². The number of hydrogen-bond acceptors (Lipinski definition) is 6. The molecule has 1 saturated carbocycles. The summed E-state index contributed by atoms with van der Waals surface area (Å²) < 4.78 is 24.0. The molecule has 1 saturated heterocycles. The van der Waals surface area contributed by atoms with E-state index in [1.807, 2.05) is 30.3 Å². The van der Waals surface area contributed by atoms with Gasteiger partial charge in [0.25, 0.3) is 0 Å². The summed E-state index contributed by atoms with van der Waals surface area (Å²) in [7, 11) is -2.18. The summed E-state index contributed by atoms with van der Waals surface area (Å²) in [4.78, 5) is 25.1. The lowest BCUT2D eigenvalue weighted by Crippen LogP contribution is -2.55. The topological polar surface area (TPSA) is 71.1 Å². The lowest BCUT2D eigenvalue weighted by molar-refractivity contribution is -0.159. The van der Waals surface area contributed by atoms with Gasteiger partial charge in [-0.1, -0.05) is 51.1 Å². The summed E-state index contributed by atoms with van der Waals surface area (Å²) in [6.45, 7) is 13.4. The Bertz CT molecular complexity index is 772. The van der Waals surface area contributed by atoms with Crippen LogP contribution in [0.4, 0.5) is 0 Å². The normalized spacial score (nSPS) is 28.7. The van der Waals surface area contributed by atoms with Gasteiger partial charge in [0.15, 0.2) is 14.2 Å². The third-order valence-corrected chi connectivity index (χ3v) is 11.4. The van der Waals surface area contributed by atoms with Gasteiger partial charge in [0.1, 0.15) is 12.2 Å². The minimum Gasteiger partial charge on any atom is -0.465 e. The predicted molar refractivity (Wildman–Crippen MR) is 120 cm³/mol. The highest BCUT2D eigenvalue weighted by Crippen LogP contribution is 2.45. The smallest absolute Gasteiger partial charge is 0.321 e. The summed E-state index contributed by atoms with van der Waals surface area (Å²) in [5.41, 5.74) is 1.09. The molecule has 2 fully saturated rings. The second-order valence-corrected chi connectivity index (χ2v) is 14.8. The Kier molecular flexibility index (Phi) is 7.28. The maximum atomic E-state index is 12.6. The Morgan fingerprint density at radius 1 is 1.16 bits per heavy atom. The third-order valence-electron chi connectivity index (χ3n) is 6.92. The molecule has 0 bridgehead atoms. The molecule has 0 spiro atoms. The van der Waals surface area contributed by atoms with Gasteiger partial charge in [-0.25, -0.2) is 0 Å². The van der Waals surface area contributed by atoms with E-state index >= 15 is 0 Å². The van der Waals surface area contributed by atoms with Gasteiger partial charge in [0, 0.05) is 5.92 Å². The minimum atomic E-state index is -2.18. The van der Waals surface area contributed by atoms with E-state index in [0.29, 0.717) is 19.4 Å². The zero-order valence-electron chi connectivity index (χ0n) is 19.6. The molecule has 3 rings (SSSR count). The van der Waals surface area contributed by atoms with Crippen LogP contribution in [0.2, 0.25) is 18.1 Å². The van der Waals surface area contributed by atoms with Gasteiger partial charge in [-0.15, -0.1) is 0 Å². The molecule has 5 atom stereocenters. The summed E-state index contributed by atoms with van der Waals surface area (Å²) in [5.74, 6) is -2.10. The molecule has 0 aromatic heterocycles. The fourth-order valence-corrected chi connectivity index (χ4v) is 5.47. The van der Waals surface area contributed by atoms with Crippen LogP contribution in [0, 0.1) is 11.8 Å². The second-order valence-electron chi connectivity index (χ2n) is 10.1. The molecule has 1 aromatic carbocycles. The molecule has 2 aliphatic rings. The molecule has 1 heterocycles. The maximum Gasteiger partial charge on any atom is 0.321 e. The summed E-state index contributed by atoms with van der Waals surface area (Å²) in [6.07, 6.45) is 0.276. The summed E-state index contributed by atoms with van der Waals surface area (Å²) >= 11 is 0. The fraction of sp³-hybridized carbons (Fsp3) is 0.667. The lowest BCUT2D eigenvalue weighted by Gasteiger charge is -2.45. The Morgan fingerprint density at radius 2 is 1.84 bits per heavy atom. The third kappa shape index (κ3) is 5.21. The van der Waals surface area contributed by atoms with Crippen molar-refractivity contribution in [3.63, 3.8) is 0 Å². The quantitative estimate of drug-likeness (QED) is 0.348. The van der Waals surface area contributed by atoms with Crippen LogP contribution in [0.5, 0.6) is 0 Å². The van der Waals surface area contributed by atoms with Crippen LogP contribution in [0.1, 0.15) is 46.1 Å². The van der Waals surface area contributed by atoms with Crippen molar-refractivity contribution in [2.24, 2.45) is 11.8 Å². The number of hydrogen-bond donors (Lipinski definition) is 0. The van der Waals surface area contributed by atoms with Crippen LogP contribution in [0.15, 0.2) is 30.3 Å². The molecule has 0 N–H and O–H groups in total. The zero-order chi connectivity index (χ0) is 22.8. The molecular weight excluding hydrogens is 412 g/mol. The first-order valence-electron chi connectivity index (χ1n) is 11.3. The molecule has 1 aliphatic carbocycles. The van der Waals surface area contributed by atoms with Crippen molar-refractivity contribution < 1.29 is 28.2 Å². The Balaban J connectivity index is 1.83. The Labute approximate surface area is 186 Å². The van der Waals surface area contributed by atoms with Gasteiger partial charge in [-0.2, -0.15) is 0 Å². The number of rotatable bonds is 7. The molecule has 31 heavy (non-hydrogen) atoms. The predicted octanol–water partition coefficient (Wildman–Crippen LogP) is 4.48. The van der Waals surface area contributed by atoms with E-state index in [2.05, 4.69) is 33.9 Å². The molecule has 1 aliphatic heterocycles. The molecule has 172 valence electrons. The highest BCUT2D eigenvalue weighted by atomic mass is 28.4. The molecule has 7 heteroatoms. The number of esters is 2. The van der Waals surface area contributed by atoms with Crippen molar-refractivity contribution in [2.75, 3.05) is 6.61 Å². The van der Waals surface area contributed by atoms with Crippen LogP contribution in [-0.2, 0) is 34.8 Å². The fourth-order valence-electron chi connectivity index (χ4n) is 4.15. The maximum absolute atomic E-state index is 12.6. The molecule has 0 amide bonds. The van der Waals surface area contributed by atoms with Crippen molar-refractivity contribution in [1.82, 2.24) is 0 Å². The Morgan fingerprint density at radius 3 is 2.45 bits per heavy atom. The molecule has 0 unspecified atom stereocenters. The molecule has 1 aromatic rings. The van der Waals surface area contributed by atoms with Crippen LogP contribution in [0.25, 0.3) is 0 Å². The van der Waals surface area contributed by atoms with Gasteiger partial charge >= 0.3 is 11.9 Å². The minimum absolute atomic E-state index is 0.00687. The van der Waals surface area contributed by atoms with E-state index in [0.717, 1.165) is 5.56 Å². The van der Waals surface area contributed by atoms with Gasteiger partial charge < -0.3 is 18.6 Å². The monoisotopic (exact) mass is 448 g/mol. The van der Waals surface area contributed by atoms with Crippen molar-refractivity contribution in [1.29, 1.82) is 0 Å². The lowest BCUT2D eigenvalue weighted by atomic mass is 9.77. The standard InChI is InChI=1S/C24H36O6Si/c1-7-27-22(25)19-17-13-14-18(28-15-16-11-9-8-10-12-16)21(20(17)29-23(19)26)30-31(5,6)24(2,3)4/h8-12,17-21H,7,13-15H2,1-6H3/t17-,18+,19+,20+,21-/m1/s1. The number of benzene rings is 1. The number of carbonyl (C=O) groups excluding carboxylic acids is 2. The van der Waals surface area contributed by atoms with Crippen molar-refractivity contribution in [3.8, 4) is 0 Å². The second kappa shape index (κ2) is 9.43. The molecule has 6 nitrogen and oxygen atoms in total. The largest absolute Gasteiger partial charge is 0.465 e. The summed E-state index contributed by atoms with van der Waals surface area (Å²) in [5, 5.41) is -0.00687. The van der Waals surface area contributed by atoms with E-state index in [4.69, 9.17) is 18.6 Å². The molecular formula is C24H36O6Si. The van der Waals surface area contributed by atoms with Crippen molar-refractivity contribution >= 4 is 20.3 Å². The van der Waals surface area contributed by atoms with E-state index in [-0.39, 0.29) is 23.7 Å². The first kappa shape index (κ1) is 23.9. The van der Waals surface area contributed by atoms with Crippen LogP contribution in [0.3, 0.4) is 0 Å². The van der Waals surface area contributed by atoms with Gasteiger partial charge in [-0.3, -0.25) is 9.59 Å². The Hall–Kier alpha value is -1.70. The zero-order valence-corrected chi connectivity index (χ0v) is 20.6. The number of carbonyl (C=O) groups is 2.